The minimum atomic E-state index is -0.205. The Morgan fingerprint density at radius 3 is 2.61 bits per heavy atom. The van der Waals surface area contributed by atoms with E-state index in [1.807, 2.05) is 36.2 Å². The lowest BCUT2D eigenvalue weighted by atomic mass is 10.3. The molecule has 0 N–H and O–H groups in total. The first-order chi connectivity index (χ1) is 8.61. The Morgan fingerprint density at radius 1 is 1.33 bits per heavy atom. The van der Waals surface area contributed by atoms with Crippen molar-refractivity contribution in [3.05, 3.63) is 28.7 Å². The molecule has 5 heteroatoms. The van der Waals surface area contributed by atoms with Gasteiger partial charge in [0.2, 0.25) is 0 Å². The van der Waals surface area contributed by atoms with Crippen LogP contribution in [-0.4, -0.2) is 44.2 Å². The Morgan fingerprint density at radius 2 is 2.00 bits per heavy atom. The van der Waals surface area contributed by atoms with Crippen LogP contribution in [0.2, 0.25) is 0 Å². The summed E-state index contributed by atoms with van der Waals surface area (Å²) in [5.74, 6) is 0.617. The number of esters is 1. The highest BCUT2D eigenvalue weighted by atomic mass is 79.9. The maximum Gasteiger partial charge on any atom is 0.320 e. The largest absolute Gasteiger partial charge is 0.492 e. The topological polar surface area (TPSA) is 38.8 Å². The lowest BCUT2D eigenvalue weighted by Gasteiger charge is -2.15. The molecular formula is C13H18BrNO3. The first-order valence-electron chi connectivity index (χ1n) is 5.84. The molecule has 0 fully saturated rings. The summed E-state index contributed by atoms with van der Waals surface area (Å²) in [4.78, 5) is 13.1. The summed E-state index contributed by atoms with van der Waals surface area (Å²) in [5, 5.41) is 0. The molecule has 1 rings (SSSR count). The fourth-order valence-electron chi connectivity index (χ4n) is 1.36. The van der Waals surface area contributed by atoms with Crippen LogP contribution in [0.25, 0.3) is 0 Å². The molecule has 0 aliphatic heterocycles. The maximum atomic E-state index is 11.2. The molecule has 4 nitrogen and oxygen atoms in total. The molecule has 0 radical (unpaired) electrons. The van der Waals surface area contributed by atoms with Crippen molar-refractivity contribution in [2.45, 2.75) is 6.92 Å². The Bertz CT molecular complexity index is 367. The second-order valence-corrected chi connectivity index (χ2v) is 4.76. The number of hydrogen-bond donors (Lipinski definition) is 0. The average Bonchev–Trinajstić information content (AvgIpc) is 2.32. The number of nitrogens with zero attached hydrogens (tertiary/aromatic N) is 1. The molecule has 0 atom stereocenters. The molecule has 0 amide bonds. The number of ether oxygens (including phenoxy) is 2. The van der Waals surface area contributed by atoms with E-state index < -0.39 is 0 Å². The number of benzene rings is 1. The highest BCUT2D eigenvalue weighted by molar-refractivity contribution is 9.10. The number of hydrogen-bond acceptors (Lipinski definition) is 4. The van der Waals surface area contributed by atoms with Crippen LogP contribution in [0.3, 0.4) is 0 Å². The Kier molecular flexibility index (Phi) is 6.75. The van der Waals surface area contributed by atoms with Crippen molar-refractivity contribution in [1.29, 1.82) is 0 Å². The van der Waals surface area contributed by atoms with Crippen molar-refractivity contribution in [1.82, 2.24) is 4.90 Å². The summed E-state index contributed by atoms with van der Waals surface area (Å²) < 4.78 is 11.4. The zero-order chi connectivity index (χ0) is 13.4. The van der Waals surface area contributed by atoms with Gasteiger partial charge < -0.3 is 9.47 Å². The van der Waals surface area contributed by atoms with Crippen LogP contribution in [0, 0.1) is 0 Å². The Balaban J connectivity index is 2.21. The predicted molar refractivity (Wildman–Crippen MR) is 73.8 cm³/mol. The van der Waals surface area contributed by atoms with Gasteiger partial charge in [-0.2, -0.15) is 0 Å². The van der Waals surface area contributed by atoms with Crippen molar-refractivity contribution >= 4 is 21.9 Å². The molecule has 0 unspecified atom stereocenters. The third-order valence-electron chi connectivity index (χ3n) is 2.26. The lowest BCUT2D eigenvalue weighted by molar-refractivity contribution is -0.144. The molecule has 0 heterocycles. The molecule has 0 bridgehead atoms. The van der Waals surface area contributed by atoms with Gasteiger partial charge in [-0.3, -0.25) is 9.69 Å². The fraction of sp³-hybridized carbons (Fsp3) is 0.462. The number of rotatable bonds is 7. The second-order valence-electron chi connectivity index (χ2n) is 3.85. The van der Waals surface area contributed by atoms with Crippen LogP contribution in [0.15, 0.2) is 28.7 Å². The van der Waals surface area contributed by atoms with Crippen molar-refractivity contribution in [2.24, 2.45) is 0 Å². The smallest absolute Gasteiger partial charge is 0.320 e. The molecular weight excluding hydrogens is 298 g/mol. The fourth-order valence-corrected chi connectivity index (χ4v) is 1.62. The summed E-state index contributed by atoms with van der Waals surface area (Å²) in [6.07, 6.45) is 0. The summed E-state index contributed by atoms with van der Waals surface area (Å²) in [5.41, 5.74) is 0. The molecule has 1 aromatic rings. The van der Waals surface area contributed by atoms with E-state index in [9.17, 15) is 4.79 Å². The minimum Gasteiger partial charge on any atom is -0.492 e. The quantitative estimate of drug-likeness (QED) is 0.724. The van der Waals surface area contributed by atoms with E-state index in [0.717, 1.165) is 10.2 Å². The van der Waals surface area contributed by atoms with Crippen molar-refractivity contribution in [2.75, 3.05) is 33.4 Å². The van der Waals surface area contributed by atoms with Crippen LogP contribution in [0.5, 0.6) is 5.75 Å². The van der Waals surface area contributed by atoms with Crippen LogP contribution >= 0.6 is 15.9 Å². The molecule has 0 aromatic heterocycles. The molecule has 0 aliphatic rings. The SMILES string of the molecule is CCOC(=O)CN(C)CCOc1ccc(Br)cc1. The van der Waals surface area contributed by atoms with E-state index in [-0.39, 0.29) is 12.5 Å². The number of likely N-dealkylation sites (N-methyl/N-ethyl adjacent to an activating group) is 1. The van der Waals surface area contributed by atoms with Gasteiger partial charge in [-0.15, -0.1) is 0 Å². The van der Waals surface area contributed by atoms with E-state index >= 15 is 0 Å². The third kappa shape index (κ3) is 6.02. The van der Waals surface area contributed by atoms with Crippen molar-refractivity contribution < 1.29 is 14.3 Å². The van der Waals surface area contributed by atoms with Crippen LogP contribution in [-0.2, 0) is 9.53 Å². The van der Waals surface area contributed by atoms with Gasteiger partial charge in [0.05, 0.1) is 13.2 Å². The van der Waals surface area contributed by atoms with Crippen LogP contribution < -0.4 is 4.74 Å². The second kappa shape index (κ2) is 8.11. The van der Waals surface area contributed by atoms with Gasteiger partial charge in [-0.05, 0) is 38.2 Å². The highest BCUT2D eigenvalue weighted by Gasteiger charge is 2.06. The van der Waals surface area contributed by atoms with E-state index in [1.165, 1.54) is 0 Å². The molecule has 0 spiro atoms. The normalized spacial score (nSPS) is 10.4. The summed E-state index contributed by atoms with van der Waals surface area (Å²) >= 11 is 3.36. The number of carbonyl (C=O) groups excluding carboxylic acids is 1. The first kappa shape index (κ1) is 15.0. The number of carbonyl (C=O) groups is 1. The van der Waals surface area contributed by atoms with Crippen molar-refractivity contribution in [3.63, 3.8) is 0 Å². The average molecular weight is 316 g/mol. The van der Waals surface area contributed by atoms with Gasteiger partial charge in [0.25, 0.3) is 0 Å². The summed E-state index contributed by atoms with van der Waals surface area (Å²) in [7, 11) is 1.86. The zero-order valence-corrected chi connectivity index (χ0v) is 12.3. The zero-order valence-electron chi connectivity index (χ0n) is 10.7. The number of halogens is 1. The van der Waals surface area contributed by atoms with E-state index in [0.29, 0.717) is 19.8 Å². The van der Waals surface area contributed by atoms with E-state index in [1.54, 1.807) is 6.92 Å². The maximum absolute atomic E-state index is 11.2. The van der Waals surface area contributed by atoms with Gasteiger partial charge in [0, 0.05) is 11.0 Å². The van der Waals surface area contributed by atoms with Gasteiger partial charge in [-0.25, -0.2) is 0 Å². The summed E-state index contributed by atoms with van der Waals surface area (Å²) in [6, 6.07) is 7.65. The predicted octanol–water partition coefficient (Wildman–Crippen LogP) is 2.32. The third-order valence-corrected chi connectivity index (χ3v) is 2.79. The minimum absolute atomic E-state index is 0.205. The van der Waals surface area contributed by atoms with Crippen LogP contribution in [0.4, 0.5) is 0 Å². The van der Waals surface area contributed by atoms with Gasteiger partial charge in [-0.1, -0.05) is 15.9 Å². The molecule has 0 saturated carbocycles. The van der Waals surface area contributed by atoms with E-state index in [4.69, 9.17) is 9.47 Å². The molecule has 18 heavy (non-hydrogen) atoms. The van der Waals surface area contributed by atoms with Crippen molar-refractivity contribution in [3.8, 4) is 5.75 Å². The van der Waals surface area contributed by atoms with Gasteiger partial charge >= 0.3 is 5.97 Å². The Hall–Kier alpha value is -1.07. The first-order valence-corrected chi connectivity index (χ1v) is 6.63. The van der Waals surface area contributed by atoms with Gasteiger partial charge in [0.15, 0.2) is 0 Å². The molecule has 1 aromatic carbocycles. The van der Waals surface area contributed by atoms with E-state index in [2.05, 4.69) is 15.9 Å². The highest BCUT2D eigenvalue weighted by Crippen LogP contribution is 2.15. The molecule has 0 saturated heterocycles. The van der Waals surface area contributed by atoms with Crippen LogP contribution in [0.1, 0.15) is 6.92 Å². The molecule has 0 aliphatic carbocycles. The Labute approximate surface area is 116 Å². The summed E-state index contributed by atoms with van der Waals surface area (Å²) in [6.45, 7) is 3.72. The molecule has 100 valence electrons. The van der Waals surface area contributed by atoms with Gasteiger partial charge in [0.1, 0.15) is 12.4 Å². The standard InChI is InChI=1S/C13H18BrNO3/c1-3-17-13(16)10-15(2)8-9-18-12-6-4-11(14)5-7-12/h4-7H,3,8-10H2,1-2H3. The monoisotopic (exact) mass is 315 g/mol. The lowest BCUT2D eigenvalue weighted by Crippen LogP contribution is -2.30.